The van der Waals surface area contributed by atoms with Crippen LogP contribution in [0.15, 0.2) is 41.7 Å². The Morgan fingerprint density at radius 3 is 2.38 bits per heavy atom. The summed E-state index contributed by atoms with van der Waals surface area (Å²) in [5.41, 5.74) is 6.98. The Morgan fingerprint density at radius 2 is 1.81 bits per heavy atom. The first-order valence-corrected chi connectivity index (χ1v) is 8.50. The number of aliphatic hydroxyl groups is 1. The van der Waals surface area contributed by atoms with Crippen LogP contribution in [0.5, 0.6) is 0 Å². The molecule has 0 aromatic heterocycles. The molecule has 136 valence electrons. The largest absolute Gasteiger partial charge is 0.508 e. The van der Waals surface area contributed by atoms with Crippen molar-refractivity contribution in [2.45, 2.75) is 26.2 Å². The lowest BCUT2D eigenvalue weighted by atomic mass is 9.88. The normalized spacial score (nSPS) is 14.3. The third kappa shape index (κ3) is 3.31. The van der Waals surface area contributed by atoms with Crippen molar-refractivity contribution < 1.29 is 18.3 Å². The zero-order chi connectivity index (χ0) is 19.0. The van der Waals surface area contributed by atoms with Gasteiger partial charge in [-0.05, 0) is 61.6 Å². The molecule has 2 aromatic rings. The Morgan fingerprint density at radius 1 is 1.12 bits per heavy atom. The van der Waals surface area contributed by atoms with Gasteiger partial charge in [0.05, 0.1) is 0 Å². The summed E-state index contributed by atoms with van der Waals surface area (Å²) in [4.78, 5) is 0. The lowest BCUT2D eigenvalue weighted by Crippen LogP contribution is -2.05. The molecular weight excluding hydrogens is 363 g/mol. The minimum atomic E-state index is -1.24. The standard InChI is InChI=1S/C20H17ClF3NO/c1-10-19(23)15(8-16(22)20(10)24)14(9-18(26)11-3-2-4-11)13-6-5-12(21)7-17(13)25/h5-9,26H,2-4,25H2,1H3/b14-9-. The minimum absolute atomic E-state index is 0.0117. The molecule has 0 bridgehead atoms. The van der Waals surface area contributed by atoms with Crippen LogP contribution in [0.4, 0.5) is 18.9 Å². The Kier molecular flexibility index (Phi) is 5.01. The van der Waals surface area contributed by atoms with E-state index in [4.69, 9.17) is 17.3 Å². The van der Waals surface area contributed by atoms with E-state index in [1.165, 1.54) is 12.1 Å². The highest BCUT2D eigenvalue weighted by molar-refractivity contribution is 6.31. The maximum absolute atomic E-state index is 14.7. The van der Waals surface area contributed by atoms with E-state index in [0.717, 1.165) is 37.8 Å². The van der Waals surface area contributed by atoms with Gasteiger partial charge in [0.2, 0.25) is 0 Å². The van der Waals surface area contributed by atoms with Crippen molar-refractivity contribution in [3.63, 3.8) is 0 Å². The Hall–Kier alpha value is -2.40. The molecule has 0 radical (unpaired) electrons. The van der Waals surface area contributed by atoms with Gasteiger partial charge in [0.25, 0.3) is 0 Å². The second kappa shape index (κ2) is 7.08. The molecule has 3 rings (SSSR count). The third-order valence-corrected chi connectivity index (χ3v) is 4.81. The minimum Gasteiger partial charge on any atom is -0.508 e. The van der Waals surface area contributed by atoms with Crippen LogP contribution in [0.25, 0.3) is 5.57 Å². The lowest BCUT2D eigenvalue weighted by molar-refractivity contribution is 0.407. The van der Waals surface area contributed by atoms with Crippen molar-refractivity contribution in [3.8, 4) is 0 Å². The summed E-state index contributed by atoms with van der Waals surface area (Å²) in [6.07, 6.45) is 3.80. The number of nitrogen functional groups attached to an aromatic ring is 1. The highest BCUT2D eigenvalue weighted by Crippen LogP contribution is 2.36. The first kappa shape index (κ1) is 18.4. The number of halogens is 4. The van der Waals surface area contributed by atoms with Gasteiger partial charge >= 0.3 is 0 Å². The molecule has 0 aliphatic heterocycles. The maximum atomic E-state index is 14.7. The molecule has 26 heavy (non-hydrogen) atoms. The summed E-state index contributed by atoms with van der Waals surface area (Å²) in [5.74, 6) is -3.33. The van der Waals surface area contributed by atoms with Crippen LogP contribution in [0, 0.1) is 24.4 Å². The number of hydrogen-bond acceptors (Lipinski definition) is 2. The van der Waals surface area contributed by atoms with Crippen molar-refractivity contribution in [2.24, 2.45) is 0 Å². The van der Waals surface area contributed by atoms with Crippen molar-refractivity contribution >= 4 is 22.9 Å². The summed E-state index contributed by atoms with van der Waals surface area (Å²) in [6, 6.07) is 5.36. The number of hydrogen-bond donors (Lipinski definition) is 2. The first-order chi connectivity index (χ1) is 12.3. The van der Waals surface area contributed by atoms with Gasteiger partial charge in [0.15, 0.2) is 11.6 Å². The second-order valence-corrected chi connectivity index (χ2v) is 6.73. The molecule has 6 heteroatoms. The van der Waals surface area contributed by atoms with Crippen molar-refractivity contribution in [3.05, 3.63) is 80.8 Å². The molecular formula is C20H17ClF3NO. The van der Waals surface area contributed by atoms with Gasteiger partial charge in [0, 0.05) is 27.4 Å². The number of anilines is 1. The van der Waals surface area contributed by atoms with E-state index in [1.807, 2.05) is 0 Å². The van der Waals surface area contributed by atoms with E-state index >= 15 is 0 Å². The molecule has 2 aromatic carbocycles. The molecule has 1 fully saturated rings. The SMILES string of the molecule is Cc1c(F)c(F)cc(/C(=C\C(O)=C2CCC2)c2ccc(Cl)cc2N)c1F. The number of nitrogens with two attached hydrogens (primary N) is 1. The monoisotopic (exact) mass is 379 g/mol. The molecule has 2 nitrogen and oxygen atoms in total. The van der Waals surface area contributed by atoms with Gasteiger partial charge in [-0.2, -0.15) is 0 Å². The average molecular weight is 380 g/mol. The van der Waals surface area contributed by atoms with E-state index in [9.17, 15) is 18.3 Å². The van der Waals surface area contributed by atoms with Crippen LogP contribution in [0.1, 0.15) is 36.0 Å². The van der Waals surface area contributed by atoms with Crippen molar-refractivity contribution in [1.29, 1.82) is 0 Å². The van der Waals surface area contributed by atoms with Gasteiger partial charge in [-0.15, -0.1) is 0 Å². The summed E-state index contributed by atoms with van der Waals surface area (Å²) < 4.78 is 42.4. The fraction of sp³-hybridized carbons (Fsp3) is 0.200. The first-order valence-electron chi connectivity index (χ1n) is 8.12. The van der Waals surface area contributed by atoms with E-state index in [0.29, 0.717) is 10.6 Å². The Labute approximate surface area is 154 Å². The van der Waals surface area contributed by atoms with Gasteiger partial charge in [-0.25, -0.2) is 13.2 Å². The van der Waals surface area contributed by atoms with E-state index in [2.05, 4.69) is 0 Å². The molecule has 0 saturated heterocycles. The molecule has 0 atom stereocenters. The van der Waals surface area contributed by atoms with Crippen LogP contribution in [0.3, 0.4) is 0 Å². The number of benzene rings is 2. The summed E-state index contributed by atoms with van der Waals surface area (Å²) in [5, 5.41) is 10.7. The smallest absolute Gasteiger partial charge is 0.164 e. The number of allylic oxidation sites excluding steroid dienone is 2. The Bertz CT molecular complexity index is 945. The van der Waals surface area contributed by atoms with Crippen LogP contribution in [0.2, 0.25) is 5.02 Å². The van der Waals surface area contributed by atoms with E-state index in [-0.39, 0.29) is 22.6 Å². The number of rotatable bonds is 3. The summed E-state index contributed by atoms with van der Waals surface area (Å²) in [7, 11) is 0. The topological polar surface area (TPSA) is 46.2 Å². The number of aliphatic hydroxyl groups excluding tert-OH is 1. The average Bonchev–Trinajstić information content (AvgIpc) is 2.53. The van der Waals surface area contributed by atoms with Crippen LogP contribution in [-0.2, 0) is 0 Å². The fourth-order valence-electron chi connectivity index (χ4n) is 2.85. The molecule has 1 aliphatic rings. The quantitative estimate of drug-likeness (QED) is 0.386. The zero-order valence-electron chi connectivity index (χ0n) is 14.0. The highest BCUT2D eigenvalue weighted by atomic mass is 35.5. The van der Waals surface area contributed by atoms with Crippen LogP contribution >= 0.6 is 11.6 Å². The van der Waals surface area contributed by atoms with Crippen molar-refractivity contribution in [2.75, 3.05) is 5.73 Å². The van der Waals surface area contributed by atoms with Gasteiger partial charge in [-0.1, -0.05) is 17.7 Å². The highest BCUT2D eigenvalue weighted by Gasteiger charge is 2.22. The predicted octanol–water partition coefficient (Wildman–Crippen LogP) is 6.08. The second-order valence-electron chi connectivity index (χ2n) is 6.29. The zero-order valence-corrected chi connectivity index (χ0v) is 14.8. The van der Waals surface area contributed by atoms with E-state index in [1.54, 1.807) is 12.1 Å². The van der Waals surface area contributed by atoms with Crippen molar-refractivity contribution in [1.82, 2.24) is 0 Å². The van der Waals surface area contributed by atoms with Crippen LogP contribution < -0.4 is 5.73 Å². The fourth-order valence-corrected chi connectivity index (χ4v) is 3.04. The lowest BCUT2D eigenvalue weighted by Gasteiger charge is -2.19. The summed E-state index contributed by atoms with van der Waals surface area (Å²) >= 11 is 5.92. The molecule has 0 spiro atoms. The molecule has 1 aliphatic carbocycles. The molecule has 0 unspecified atom stereocenters. The van der Waals surface area contributed by atoms with E-state index < -0.39 is 23.0 Å². The Balaban J connectivity index is 2.27. The molecule has 0 heterocycles. The predicted molar refractivity (Wildman–Crippen MR) is 97.5 cm³/mol. The van der Waals surface area contributed by atoms with Gasteiger partial charge < -0.3 is 10.8 Å². The molecule has 0 amide bonds. The van der Waals surface area contributed by atoms with Crippen LogP contribution in [-0.4, -0.2) is 5.11 Å². The molecule has 3 N–H and O–H groups in total. The van der Waals surface area contributed by atoms with Gasteiger partial charge in [0.1, 0.15) is 11.6 Å². The maximum Gasteiger partial charge on any atom is 0.164 e. The van der Waals surface area contributed by atoms with Gasteiger partial charge in [-0.3, -0.25) is 0 Å². The summed E-state index contributed by atoms with van der Waals surface area (Å²) in [6.45, 7) is 1.16. The molecule has 1 saturated carbocycles. The third-order valence-electron chi connectivity index (χ3n) is 4.57.